The van der Waals surface area contributed by atoms with E-state index in [1.165, 1.54) is 0 Å². The second-order valence-electron chi connectivity index (χ2n) is 4.15. The lowest BCUT2D eigenvalue weighted by Crippen LogP contribution is -2.23. The molecule has 6 heteroatoms. The van der Waals surface area contributed by atoms with Gasteiger partial charge in [-0.3, -0.25) is 0 Å². The topological polar surface area (TPSA) is 37.8 Å². The van der Waals surface area contributed by atoms with E-state index in [0.29, 0.717) is 18.8 Å². The van der Waals surface area contributed by atoms with Crippen LogP contribution in [0.25, 0.3) is 0 Å². The standard InChI is InChI=1S/C12H18F3N3/c1-3-16-10(5-4-7-12(13,14)15)11-6-8-17-9(2)18-11/h6,8,10,16H,3-5,7H2,1-2H3. The predicted molar refractivity (Wildman–Crippen MR) is 63.1 cm³/mol. The number of rotatable bonds is 6. The van der Waals surface area contributed by atoms with E-state index in [1.54, 1.807) is 19.2 Å². The molecule has 0 aliphatic carbocycles. The summed E-state index contributed by atoms with van der Waals surface area (Å²) in [6, 6.07) is 1.60. The van der Waals surface area contributed by atoms with E-state index in [0.717, 1.165) is 5.69 Å². The van der Waals surface area contributed by atoms with Gasteiger partial charge in [0.25, 0.3) is 0 Å². The van der Waals surface area contributed by atoms with E-state index in [1.807, 2.05) is 6.92 Å². The lowest BCUT2D eigenvalue weighted by Gasteiger charge is -2.18. The van der Waals surface area contributed by atoms with Gasteiger partial charge in [-0.05, 0) is 32.4 Å². The molecule has 102 valence electrons. The molecule has 0 spiro atoms. The summed E-state index contributed by atoms with van der Waals surface area (Å²) in [5.41, 5.74) is 0.756. The Hall–Kier alpha value is -1.17. The zero-order chi connectivity index (χ0) is 13.6. The molecule has 1 unspecified atom stereocenters. The van der Waals surface area contributed by atoms with Crippen LogP contribution in [0.3, 0.4) is 0 Å². The molecule has 3 nitrogen and oxygen atoms in total. The highest BCUT2D eigenvalue weighted by Gasteiger charge is 2.27. The highest BCUT2D eigenvalue weighted by atomic mass is 19.4. The molecule has 0 radical (unpaired) electrons. The van der Waals surface area contributed by atoms with Crippen LogP contribution in [0.2, 0.25) is 0 Å². The Labute approximate surface area is 105 Å². The number of hydrogen-bond donors (Lipinski definition) is 1. The van der Waals surface area contributed by atoms with Crippen molar-refractivity contribution < 1.29 is 13.2 Å². The van der Waals surface area contributed by atoms with Crippen molar-refractivity contribution in [1.29, 1.82) is 0 Å². The summed E-state index contributed by atoms with van der Waals surface area (Å²) >= 11 is 0. The molecule has 1 aromatic heterocycles. The molecule has 0 fully saturated rings. The average Bonchev–Trinajstić information content (AvgIpc) is 2.26. The predicted octanol–water partition coefficient (Wildman–Crippen LogP) is 3.17. The Kier molecular flexibility index (Phi) is 5.53. The van der Waals surface area contributed by atoms with E-state index in [4.69, 9.17) is 0 Å². The van der Waals surface area contributed by atoms with Gasteiger partial charge in [0.15, 0.2) is 0 Å². The van der Waals surface area contributed by atoms with Gasteiger partial charge in [-0.25, -0.2) is 9.97 Å². The zero-order valence-corrected chi connectivity index (χ0v) is 10.6. The maximum atomic E-state index is 12.1. The second kappa shape index (κ2) is 6.68. The van der Waals surface area contributed by atoms with Gasteiger partial charge in [-0.1, -0.05) is 6.92 Å². The summed E-state index contributed by atoms with van der Waals surface area (Å²) in [7, 11) is 0. The number of aryl methyl sites for hydroxylation is 1. The number of halogens is 3. The molecule has 0 aromatic carbocycles. The SMILES string of the molecule is CCNC(CCCC(F)(F)F)c1ccnc(C)n1. The van der Waals surface area contributed by atoms with E-state index in [9.17, 15) is 13.2 Å². The maximum absolute atomic E-state index is 12.1. The average molecular weight is 261 g/mol. The van der Waals surface area contributed by atoms with Crippen LogP contribution in [-0.4, -0.2) is 22.7 Å². The normalized spacial score (nSPS) is 13.6. The zero-order valence-electron chi connectivity index (χ0n) is 10.6. The van der Waals surface area contributed by atoms with Crippen LogP contribution < -0.4 is 5.32 Å². The van der Waals surface area contributed by atoms with Gasteiger partial charge in [0.1, 0.15) is 5.82 Å². The van der Waals surface area contributed by atoms with Gasteiger partial charge in [0.05, 0.1) is 5.69 Å². The molecule has 0 saturated heterocycles. The molecule has 1 heterocycles. The van der Waals surface area contributed by atoms with Crippen LogP contribution in [0.5, 0.6) is 0 Å². The maximum Gasteiger partial charge on any atom is 0.389 e. The lowest BCUT2D eigenvalue weighted by atomic mass is 10.1. The molecule has 0 bridgehead atoms. The largest absolute Gasteiger partial charge is 0.389 e. The van der Waals surface area contributed by atoms with Crippen LogP contribution >= 0.6 is 0 Å². The highest BCUT2D eigenvalue weighted by Crippen LogP contribution is 2.25. The van der Waals surface area contributed by atoms with Crippen molar-refractivity contribution >= 4 is 0 Å². The van der Waals surface area contributed by atoms with E-state index >= 15 is 0 Å². The Morgan fingerprint density at radius 2 is 2.11 bits per heavy atom. The minimum absolute atomic E-state index is 0.101. The van der Waals surface area contributed by atoms with Crippen LogP contribution in [-0.2, 0) is 0 Å². The fraction of sp³-hybridized carbons (Fsp3) is 0.667. The molecule has 18 heavy (non-hydrogen) atoms. The minimum Gasteiger partial charge on any atom is -0.309 e. The summed E-state index contributed by atoms with van der Waals surface area (Å²) in [4.78, 5) is 8.24. The van der Waals surface area contributed by atoms with E-state index < -0.39 is 12.6 Å². The second-order valence-corrected chi connectivity index (χ2v) is 4.15. The first kappa shape index (κ1) is 14.9. The van der Waals surface area contributed by atoms with E-state index in [2.05, 4.69) is 15.3 Å². The van der Waals surface area contributed by atoms with Crippen molar-refractivity contribution in [2.75, 3.05) is 6.54 Å². The summed E-state index contributed by atoms with van der Waals surface area (Å²) < 4.78 is 36.3. The quantitative estimate of drug-likeness (QED) is 0.854. The van der Waals surface area contributed by atoms with Crippen molar-refractivity contribution in [1.82, 2.24) is 15.3 Å². The van der Waals surface area contributed by atoms with Gasteiger partial charge in [0, 0.05) is 18.7 Å². The Bertz CT molecular complexity index is 366. The number of nitrogens with zero attached hydrogens (tertiary/aromatic N) is 2. The van der Waals surface area contributed by atoms with Crippen LogP contribution in [0.15, 0.2) is 12.3 Å². The monoisotopic (exact) mass is 261 g/mol. The summed E-state index contributed by atoms with van der Waals surface area (Å²) in [5.74, 6) is 0.631. The molecule has 1 atom stereocenters. The molecule has 1 N–H and O–H groups in total. The van der Waals surface area contributed by atoms with Gasteiger partial charge in [0.2, 0.25) is 0 Å². The van der Waals surface area contributed by atoms with Crippen LogP contribution in [0.1, 0.15) is 43.7 Å². The Balaban J connectivity index is 2.60. The number of nitrogens with one attached hydrogen (secondary N) is 1. The number of hydrogen-bond acceptors (Lipinski definition) is 3. The Morgan fingerprint density at radius 1 is 1.39 bits per heavy atom. The molecular weight excluding hydrogens is 243 g/mol. The molecule has 0 aliphatic heterocycles. The smallest absolute Gasteiger partial charge is 0.309 e. The van der Waals surface area contributed by atoms with Gasteiger partial charge in [-0.2, -0.15) is 13.2 Å². The summed E-state index contributed by atoms with van der Waals surface area (Å²) in [5, 5.41) is 3.15. The number of aromatic nitrogens is 2. The fourth-order valence-electron chi connectivity index (χ4n) is 1.78. The molecule has 0 aliphatic rings. The van der Waals surface area contributed by atoms with Crippen molar-refractivity contribution in [3.63, 3.8) is 0 Å². The lowest BCUT2D eigenvalue weighted by molar-refractivity contribution is -0.135. The number of alkyl halides is 3. The molecular formula is C12H18F3N3. The first-order valence-corrected chi connectivity index (χ1v) is 6.02. The summed E-state index contributed by atoms with van der Waals surface area (Å²) in [6.45, 7) is 4.38. The van der Waals surface area contributed by atoms with Crippen molar-refractivity contribution in [2.24, 2.45) is 0 Å². The van der Waals surface area contributed by atoms with Crippen molar-refractivity contribution in [3.8, 4) is 0 Å². The Morgan fingerprint density at radius 3 is 2.67 bits per heavy atom. The minimum atomic E-state index is -4.08. The molecule has 1 rings (SSSR count). The van der Waals surface area contributed by atoms with E-state index in [-0.39, 0.29) is 12.5 Å². The van der Waals surface area contributed by atoms with Crippen LogP contribution in [0, 0.1) is 6.92 Å². The van der Waals surface area contributed by atoms with Gasteiger partial charge >= 0.3 is 6.18 Å². The fourth-order valence-corrected chi connectivity index (χ4v) is 1.78. The van der Waals surface area contributed by atoms with Gasteiger partial charge < -0.3 is 5.32 Å². The third kappa shape index (κ3) is 5.44. The third-order valence-electron chi connectivity index (χ3n) is 2.56. The third-order valence-corrected chi connectivity index (χ3v) is 2.56. The van der Waals surface area contributed by atoms with Gasteiger partial charge in [-0.15, -0.1) is 0 Å². The summed E-state index contributed by atoms with van der Waals surface area (Å²) in [6.07, 6.45) is -2.68. The molecule has 1 aromatic rings. The van der Waals surface area contributed by atoms with Crippen LogP contribution in [0.4, 0.5) is 13.2 Å². The molecule has 0 amide bonds. The molecule has 0 saturated carbocycles. The first-order valence-electron chi connectivity index (χ1n) is 6.02. The highest BCUT2D eigenvalue weighted by molar-refractivity contribution is 5.07. The van der Waals surface area contributed by atoms with Crippen molar-refractivity contribution in [2.45, 2.75) is 45.3 Å². The first-order chi connectivity index (χ1) is 8.42. The van der Waals surface area contributed by atoms with Crippen molar-refractivity contribution in [3.05, 3.63) is 23.8 Å².